The predicted octanol–water partition coefficient (Wildman–Crippen LogP) is 1.95. The van der Waals surface area contributed by atoms with E-state index in [9.17, 15) is 0 Å². The van der Waals surface area contributed by atoms with Gasteiger partial charge in [-0.3, -0.25) is 0 Å². The number of nitriles is 1. The van der Waals surface area contributed by atoms with Crippen LogP contribution in [0.25, 0.3) is 0 Å². The monoisotopic (exact) mass is 254 g/mol. The van der Waals surface area contributed by atoms with E-state index in [1.165, 1.54) is 0 Å². The van der Waals surface area contributed by atoms with Crippen molar-refractivity contribution in [1.29, 1.82) is 5.26 Å². The van der Waals surface area contributed by atoms with Crippen LogP contribution in [0.3, 0.4) is 0 Å². The fourth-order valence-electron chi connectivity index (χ4n) is 1.64. The number of hydrogen-bond acceptors (Lipinski definition) is 5. The average Bonchev–Trinajstić information content (AvgIpc) is 2.40. The number of rotatable bonds is 4. The first-order chi connectivity index (χ1) is 9.21. The minimum absolute atomic E-state index is 0.183. The molecule has 2 aromatic rings. The number of aryl methyl sites for hydroxylation is 1. The van der Waals surface area contributed by atoms with Crippen LogP contribution in [0.2, 0.25) is 0 Å². The topological polar surface area (TPSA) is 84.8 Å². The van der Waals surface area contributed by atoms with Gasteiger partial charge in [0.1, 0.15) is 17.5 Å². The Kier molecular flexibility index (Phi) is 4.06. The van der Waals surface area contributed by atoms with Crippen LogP contribution in [-0.2, 0) is 6.42 Å². The summed E-state index contributed by atoms with van der Waals surface area (Å²) in [6.45, 7) is 2.41. The van der Waals surface area contributed by atoms with Gasteiger partial charge in [0.25, 0.3) is 0 Å². The minimum Gasteiger partial charge on any atom is -0.424 e. The Bertz CT molecular complexity index is 602. The smallest absolute Gasteiger partial charge is 0.323 e. The number of nitrogens with zero attached hydrogens (tertiary/aromatic N) is 3. The van der Waals surface area contributed by atoms with E-state index < -0.39 is 0 Å². The highest BCUT2D eigenvalue weighted by atomic mass is 16.5. The Balaban J connectivity index is 2.17. The Labute approximate surface area is 111 Å². The standard InChI is InChI=1S/C14H14N4O/c1-10-8-12(9-16)18-14(17-10)19-13-4-2-11(3-5-13)6-7-15/h2-5,8H,6-7,15H2,1H3. The third-order valence-corrected chi connectivity index (χ3v) is 2.51. The van der Waals surface area contributed by atoms with Crippen molar-refractivity contribution in [1.82, 2.24) is 9.97 Å². The molecule has 2 N–H and O–H groups in total. The first kappa shape index (κ1) is 13.0. The van der Waals surface area contributed by atoms with Gasteiger partial charge in [-0.1, -0.05) is 12.1 Å². The molecule has 0 fully saturated rings. The molecule has 1 aromatic heterocycles. The molecule has 5 nitrogen and oxygen atoms in total. The van der Waals surface area contributed by atoms with Crippen molar-refractivity contribution in [3.05, 3.63) is 47.3 Å². The van der Waals surface area contributed by atoms with Crippen molar-refractivity contribution in [2.45, 2.75) is 13.3 Å². The van der Waals surface area contributed by atoms with Gasteiger partial charge in [-0.25, -0.2) is 4.98 Å². The zero-order chi connectivity index (χ0) is 13.7. The Hall–Kier alpha value is -2.45. The van der Waals surface area contributed by atoms with E-state index >= 15 is 0 Å². The molecule has 0 saturated heterocycles. The highest BCUT2D eigenvalue weighted by Gasteiger charge is 2.04. The van der Waals surface area contributed by atoms with Gasteiger partial charge in [-0.2, -0.15) is 10.2 Å². The van der Waals surface area contributed by atoms with Crippen LogP contribution in [-0.4, -0.2) is 16.5 Å². The van der Waals surface area contributed by atoms with Gasteiger partial charge < -0.3 is 10.5 Å². The maximum Gasteiger partial charge on any atom is 0.323 e. The van der Waals surface area contributed by atoms with Gasteiger partial charge in [0.2, 0.25) is 0 Å². The normalized spacial score (nSPS) is 9.95. The summed E-state index contributed by atoms with van der Waals surface area (Å²) in [5, 5.41) is 8.84. The molecule has 0 saturated carbocycles. The maximum absolute atomic E-state index is 8.84. The van der Waals surface area contributed by atoms with Crippen molar-refractivity contribution in [3.8, 4) is 17.8 Å². The molecule has 0 atom stereocenters. The molecule has 0 unspecified atom stereocenters. The summed E-state index contributed by atoms with van der Waals surface area (Å²) < 4.78 is 5.53. The quantitative estimate of drug-likeness (QED) is 0.901. The molecule has 0 aliphatic heterocycles. The number of benzene rings is 1. The maximum atomic E-state index is 8.84. The minimum atomic E-state index is 0.183. The van der Waals surface area contributed by atoms with Crippen molar-refractivity contribution < 1.29 is 4.74 Å². The highest BCUT2D eigenvalue weighted by molar-refractivity contribution is 5.31. The Morgan fingerprint density at radius 1 is 1.26 bits per heavy atom. The molecule has 1 heterocycles. The second-order valence-corrected chi connectivity index (χ2v) is 4.07. The zero-order valence-electron chi connectivity index (χ0n) is 10.6. The van der Waals surface area contributed by atoms with Gasteiger partial charge >= 0.3 is 6.01 Å². The molecule has 2 rings (SSSR count). The summed E-state index contributed by atoms with van der Waals surface area (Å²) in [4.78, 5) is 8.12. The zero-order valence-corrected chi connectivity index (χ0v) is 10.6. The van der Waals surface area contributed by atoms with Gasteiger partial charge in [0.05, 0.1) is 0 Å². The van der Waals surface area contributed by atoms with Crippen LogP contribution >= 0.6 is 0 Å². The third-order valence-electron chi connectivity index (χ3n) is 2.51. The van der Waals surface area contributed by atoms with Gasteiger partial charge in [-0.05, 0) is 43.7 Å². The van der Waals surface area contributed by atoms with E-state index in [2.05, 4.69) is 9.97 Å². The molecule has 0 spiro atoms. The second kappa shape index (κ2) is 5.94. The lowest BCUT2D eigenvalue weighted by Gasteiger charge is -2.05. The van der Waals surface area contributed by atoms with Crippen LogP contribution in [0.4, 0.5) is 0 Å². The molecule has 0 amide bonds. The molecule has 19 heavy (non-hydrogen) atoms. The summed E-state index contributed by atoms with van der Waals surface area (Å²) in [5.74, 6) is 0.635. The second-order valence-electron chi connectivity index (χ2n) is 4.07. The first-order valence-corrected chi connectivity index (χ1v) is 5.94. The van der Waals surface area contributed by atoms with E-state index in [0.717, 1.165) is 12.0 Å². The van der Waals surface area contributed by atoms with Crippen LogP contribution in [0.5, 0.6) is 11.8 Å². The van der Waals surface area contributed by atoms with Crippen molar-refractivity contribution in [2.24, 2.45) is 5.73 Å². The molecule has 96 valence electrons. The summed E-state index contributed by atoms with van der Waals surface area (Å²) in [6.07, 6.45) is 0.833. The lowest BCUT2D eigenvalue weighted by molar-refractivity contribution is 0.439. The fraction of sp³-hybridized carbons (Fsp3) is 0.214. The van der Waals surface area contributed by atoms with E-state index in [1.807, 2.05) is 30.3 Å². The fourth-order valence-corrected chi connectivity index (χ4v) is 1.64. The third kappa shape index (κ3) is 3.50. The number of nitrogens with two attached hydrogens (primary N) is 1. The van der Waals surface area contributed by atoms with E-state index in [0.29, 0.717) is 23.7 Å². The van der Waals surface area contributed by atoms with Crippen molar-refractivity contribution in [3.63, 3.8) is 0 Å². The van der Waals surface area contributed by atoms with Gasteiger partial charge in [-0.15, -0.1) is 0 Å². The summed E-state index contributed by atoms with van der Waals surface area (Å²) in [7, 11) is 0. The summed E-state index contributed by atoms with van der Waals surface area (Å²) in [6, 6.07) is 11.3. The first-order valence-electron chi connectivity index (χ1n) is 5.94. The van der Waals surface area contributed by atoms with E-state index in [-0.39, 0.29) is 6.01 Å². The molecule has 0 radical (unpaired) electrons. The Morgan fingerprint density at radius 2 is 2.00 bits per heavy atom. The molecule has 0 aliphatic carbocycles. The SMILES string of the molecule is Cc1cc(C#N)nc(Oc2ccc(CCN)cc2)n1. The van der Waals surface area contributed by atoms with Crippen LogP contribution in [0, 0.1) is 18.3 Å². The van der Waals surface area contributed by atoms with E-state index in [1.54, 1.807) is 13.0 Å². The molecular weight excluding hydrogens is 240 g/mol. The lowest BCUT2D eigenvalue weighted by atomic mass is 10.1. The highest BCUT2D eigenvalue weighted by Crippen LogP contribution is 2.19. The Morgan fingerprint density at radius 3 is 2.63 bits per heavy atom. The van der Waals surface area contributed by atoms with Crippen LogP contribution in [0.1, 0.15) is 17.0 Å². The number of aromatic nitrogens is 2. The molecule has 1 aromatic carbocycles. The van der Waals surface area contributed by atoms with Crippen LogP contribution < -0.4 is 10.5 Å². The predicted molar refractivity (Wildman–Crippen MR) is 70.8 cm³/mol. The number of hydrogen-bond donors (Lipinski definition) is 1. The summed E-state index contributed by atoms with van der Waals surface area (Å²) >= 11 is 0. The summed E-state index contributed by atoms with van der Waals surface area (Å²) in [5.41, 5.74) is 7.63. The molecule has 0 bridgehead atoms. The molecule has 0 aliphatic rings. The lowest BCUT2D eigenvalue weighted by Crippen LogP contribution is -2.02. The molecular formula is C14H14N4O. The van der Waals surface area contributed by atoms with E-state index in [4.69, 9.17) is 15.7 Å². The van der Waals surface area contributed by atoms with Crippen LogP contribution in [0.15, 0.2) is 30.3 Å². The largest absolute Gasteiger partial charge is 0.424 e. The van der Waals surface area contributed by atoms with Gasteiger partial charge in [0.15, 0.2) is 0 Å². The average molecular weight is 254 g/mol. The molecule has 5 heteroatoms. The van der Waals surface area contributed by atoms with Gasteiger partial charge in [0, 0.05) is 5.69 Å². The van der Waals surface area contributed by atoms with Crippen molar-refractivity contribution >= 4 is 0 Å². The number of ether oxygens (including phenoxy) is 1. The van der Waals surface area contributed by atoms with Crippen molar-refractivity contribution in [2.75, 3.05) is 6.54 Å².